The van der Waals surface area contributed by atoms with Crippen LogP contribution in [0, 0.1) is 0 Å². The van der Waals surface area contributed by atoms with Crippen LogP contribution in [0.3, 0.4) is 0 Å². The third-order valence-corrected chi connectivity index (χ3v) is 1.96. The van der Waals surface area contributed by atoms with Crippen molar-refractivity contribution in [2.45, 2.75) is 26.8 Å². The molecule has 0 radical (unpaired) electrons. The van der Waals surface area contributed by atoms with Crippen molar-refractivity contribution in [1.82, 2.24) is 14.8 Å². The Labute approximate surface area is 94.7 Å². The molecule has 1 rings (SSSR count). The standard InChI is InChI=1S/C11H16N4O/c1-3-5-9(2)6-4-7-15-8-13-11(14-15)10(12)16/h4-6,8H,3,7H2,1-2H3,(H2,12,16). The van der Waals surface area contributed by atoms with E-state index in [1.165, 1.54) is 11.9 Å². The fourth-order valence-corrected chi connectivity index (χ4v) is 1.23. The minimum Gasteiger partial charge on any atom is -0.363 e. The summed E-state index contributed by atoms with van der Waals surface area (Å²) >= 11 is 0. The Hall–Kier alpha value is -1.91. The first-order chi connectivity index (χ1) is 7.63. The van der Waals surface area contributed by atoms with E-state index >= 15 is 0 Å². The van der Waals surface area contributed by atoms with Crippen LogP contribution in [0.15, 0.2) is 30.1 Å². The lowest BCUT2D eigenvalue weighted by Crippen LogP contribution is -2.13. The number of rotatable bonds is 5. The van der Waals surface area contributed by atoms with Crippen LogP contribution in [0.1, 0.15) is 30.9 Å². The minimum absolute atomic E-state index is 0.0502. The van der Waals surface area contributed by atoms with E-state index in [2.05, 4.69) is 23.1 Å². The second-order valence-electron chi connectivity index (χ2n) is 3.41. The lowest BCUT2D eigenvalue weighted by atomic mass is 10.2. The van der Waals surface area contributed by atoms with E-state index in [4.69, 9.17) is 5.73 Å². The van der Waals surface area contributed by atoms with Gasteiger partial charge in [-0.15, -0.1) is 5.10 Å². The predicted octanol–water partition coefficient (Wildman–Crippen LogP) is 1.29. The van der Waals surface area contributed by atoms with Gasteiger partial charge >= 0.3 is 0 Å². The van der Waals surface area contributed by atoms with Crippen molar-refractivity contribution in [2.75, 3.05) is 0 Å². The van der Waals surface area contributed by atoms with E-state index in [1.54, 1.807) is 4.68 Å². The van der Waals surface area contributed by atoms with Gasteiger partial charge in [-0.05, 0) is 13.3 Å². The Balaban J connectivity index is 2.54. The molecule has 0 aliphatic rings. The summed E-state index contributed by atoms with van der Waals surface area (Å²) in [6, 6.07) is 0. The summed E-state index contributed by atoms with van der Waals surface area (Å²) in [6.07, 6.45) is 8.61. The number of allylic oxidation sites excluding steroid dienone is 4. The number of primary amides is 1. The van der Waals surface area contributed by atoms with Crippen molar-refractivity contribution in [1.29, 1.82) is 0 Å². The van der Waals surface area contributed by atoms with Gasteiger partial charge in [0.2, 0.25) is 5.82 Å². The lowest BCUT2D eigenvalue weighted by molar-refractivity contribution is 0.0990. The highest BCUT2D eigenvalue weighted by Gasteiger charge is 2.04. The Kier molecular flexibility index (Phi) is 4.44. The number of carbonyl (C=O) groups excluding carboxylic acids is 1. The highest BCUT2D eigenvalue weighted by molar-refractivity contribution is 5.88. The van der Waals surface area contributed by atoms with Crippen LogP contribution in [-0.4, -0.2) is 20.7 Å². The number of hydrogen-bond donors (Lipinski definition) is 1. The second kappa shape index (κ2) is 5.85. The van der Waals surface area contributed by atoms with E-state index in [0.717, 1.165) is 6.42 Å². The number of carbonyl (C=O) groups is 1. The highest BCUT2D eigenvalue weighted by atomic mass is 16.1. The molecular weight excluding hydrogens is 204 g/mol. The van der Waals surface area contributed by atoms with Crippen LogP contribution in [-0.2, 0) is 6.54 Å². The number of aromatic nitrogens is 3. The van der Waals surface area contributed by atoms with Gasteiger partial charge in [0.25, 0.3) is 5.91 Å². The van der Waals surface area contributed by atoms with E-state index < -0.39 is 5.91 Å². The first-order valence-electron chi connectivity index (χ1n) is 5.16. The van der Waals surface area contributed by atoms with Crippen molar-refractivity contribution in [2.24, 2.45) is 5.73 Å². The van der Waals surface area contributed by atoms with Gasteiger partial charge in [0.15, 0.2) is 0 Å². The SMILES string of the molecule is CCC=C(C)C=CCn1cnc(C(N)=O)n1. The average molecular weight is 220 g/mol. The largest absolute Gasteiger partial charge is 0.363 e. The first-order valence-corrected chi connectivity index (χ1v) is 5.16. The molecule has 1 amide bonds. The van der Waals surface area contributed by atoms with Gasteiger partial charge in [-0.25, -0.2) is 9.67 Å². The molecule has 0 atom stereocenters. The molecule has 2 N–H and O–H groups in total. The molecule has 0 saturated heterocycles. The van der Waals surface area contributed by atoms with Crippen molar-refractivity contribution in [3.05, 3.63) is 36.0 Å². The Morgan fingerprint density at radius 1 is 1.62 bits per heavy atom. The molecule has 16 heavy (non-hydrogen) atoms. The van der Waals surface area contributed by atoms with E-state index in [0.29, 0.717) is 6.54 Å². The average Bonchev–Trinajstić information content (AvgIpc) is 2.67. The molecule has 1 heterocycles. The maximum absolute atomic E-state index is 10.7. The topological polar surface area (TPSA) is 73.8 Å². The molecule has 5 heteroatoms. The number of nitrogens with two attached hydrogens (primary N) is 1. The molecule has 0 spiro atoms. The minimum atomic E-state index is -0.607. The Morgan fingerprint density at radius 2 is 2.38 bits per heavy atom. The van der Waals surface area contributed by atoms with Crippen LogP contribution < -0.4 is 5.73 Å². The lowest BCUT2D eigenvalue weighted by Gasteiger charge is -1.93. The van der Waals surface area contributed by atoms with Crippen molar-refractivity contribution in [3.63, 3.8) is 0 Å². The van der Waals surface area contributed by atoms with E-state index in [9.17, 15) is 4.79 Å². The van der Waals surface area contributed by atoms with Gasteiger partial charge in [0, 0.05) is 0 Å². The molecule has 0 aromatic carbocycles. The van der Waals surface area contributed by atoms with Gasteiger partial charge < -0.3 is 5.73 Å². The second-order valence-corrected chi connectivity index (χ2v) is 3.41. The van der Waals surface area contributed by atoms with Crippen LogP contribution in [0.2, 0.25) is 0 Å². The molecule has 5 nitrogen and oxygen atoms in total. The quantitative estimate of drug-likeness (QED) is 0.760. The summed E-state index contributed by atoms with van der Waals surface area (Å²) in [5.74, 6) is -0.556. The van der Waals surface area contributed by atoms with Crippen LogP contribution in [0.4, 0.5) is 0 Å². The van der Waals surface area contributed by atoms with E-state index in [-0.39, 0.29) is 5.82 Å². The van der Waals surface area contributed by atoms with Crippen LogP contribution in [0.25, 0.3) is 0 Å². The number of amides is 1. The van der Waals surface area contributed by atoms with E-state index in [1.807, 2.05) is 19.1 Å². The molecule has 0 bridgehead atoms. The summed E-state index contributed by atoms with van der Waals surface area (Å²) in [7, 11) is 0. The molecule has 86 valence electrons. The smallest absolute Gasteiger partial charge is 0.288 e. The zero-order valence-electron chi connectivity index (χ0n) is 9.55. The zero-order chi connectivity index (χ0) is 12.0. The summed E-state index contributed by atoms with van der Waals surface area (Å²) in [5.41, 5.74) is 6.25. The van der Waals surface area contributed by atoms with Crippen molar-refractivity contribution < 1.29 is 4.79 Å². The molecule has 0 fully saturated rings. The molecule has 0 saturated carbocycles. The van der Waals surface area contributed by atoms with Crippen LogP contribution in [0.5, 0.6) is 0 Å². The monoisotopic (exact) mass is 220 g/mol. The third-order valence-electron chi connectivity index (χ3n) is 1.96. The number of hydrogen-bond acceptors (Lipinski definition) is 3. The maximum Gasteiger partial charge on any atom is 0.288 e. The summed E-state index contributed by atoms with van der Waals surface area (Å²) in [4.78, 5) is 14.5. The summed E-state index contributed by atoms with van der Waals surface area (Å²) in [6.45, 7) is 4.71. The molecule has 0 aliphatic carbocycles. The van der Waals surface area contributed by atoms with Crippen molar-refractivity contribution >= 4 is 5.91 Å². The fraction of sp³-hybridized carbons (Fsp3) is 0.364. The van der Waals surface area contributed by atoms with Crippen molar-refractivity contribution in [3.8, 4) is 0 Å². The first kappa shape index (κ1) is 12.2. The maximum atomic E-state index is 10.7. The summed E-state index contributed by atoms with van der Waals surface area (Å²) in [5, 5.41) is 3.91. The van der Waals surface area contributed by atoms with Gasteiger partial charge in [-0.3, -0.25) is 4.79 Å². The molecular formula is C11H16N4O. The van der Waals surface area contributed by atoms with Crippen LogP contribution >= 0.6 is 0 Å². The highest BCUT2D eigenvalue weighted by Crippen LogP contribution is 1.97. The van der Waals surface area contributed by atoms with Gasteiger partial charge in [-0.2, -0.15) is 0 Å². The Bertz CT molecular complexity index is 417. The normalized spacial score (nSPS) is 12.2. The van der Waals surface area contributed by atoms with Gasteiger partial charge in [0.05, 0.1) is 6.54 Å². The molecule has 1 aromatic rings. The zero-order valence-corrected chi connectivity index (χ0v) is 9.55. The molecule has 0 unspecified atom stereocenters. The molecule has 1 aromatic heterocycles. The molecule has 0 aliphatic heterocycles. The third kappa shape index (κ3) is 3.68. The predicted molar refractivity (Wildman–Crippen MR) is 61.7 cm³/mol. The number of nitrogens with zero attached hydrogens (tertiary/aromatic N) is 3. The fourth-order valence-electron chi connectivity index (χ4n) is 1.23. The van der Waals surface area contributed by atoms with Gasteiger partial charge in [0.1, 0.15) is 6.33 Å². The Morgan fingerprint density at radius 3 is 2.94 bits per heavy atom. The van der Waals surface area contributed by atoms with Gasteiger partial charge in [-0.1, -0.05) is 30.7 Å². The summed E-state index contributed by atoms with van der Waals surface area (Å²) < 4.78 is 1.57.